The van der Waals surface area contributed by atoms with Gasteiger partial charge in [0, 0.05) is 0 Å². The predicted octanol–water partition coefficient (Wildman–Crippen LogP) is 2.90. The Morgan fingerprint density at radius 3 is 2.89 bits per heavy atom. The molecule has 0 unspecified atom stereocenters. The normalized spacial score (nSPS) is 19.8. The molecule has 2 aliphatic rings. The lowest BCUT2D eigenvalue weighted by molar-refractivity contribution is -0.158. The molecule has 0 saturated heterocycles. The molecule has 1 aliphatic heterocycles. The first-order chi connectivity index (χ1) is 9.23. The lowest BCUT2D eigenvalue weighted by Gasteiger charge is -2.39. The molecular formula is C16H20O3. The minimum Gasteiger partial charge on any atom is -0.493 e. The number of rotatable bonds is 3. The van der Waals surface area contributed by atoms with Crippen molar-refractivity contribution in [3.05, 3.63) is 29.3 Å². The number of hydrogen-bond donors (Lipinski definition) is 0. The fraction of sp³-hybridized carbons (Fsp3) is 0.562. The number of carbonyl (C=O) groups excluding carboxylic acids is 1. The van der Waals surface area contributed by atoms with E-state index in [4.69, 9.17) is 9.47 Å². The summed E-state index contributed by atoms with van der Waals surface area (Å²) in [5, 5.41) is 0. The molecule has 3 heteroatoms. The number of esters is 1. The molecule has 1 fully saturated rings. The Labute approximate surface area is 113 Å². The fourth-order valence-corrected chi connectivity index (χ4v) is 3.19. The zero-order chi connectivity index (χ0) is 13.3. The SMILES string of the molecule is COC(=O)C1(Cc2ccc3c(c2)CCCO3)CCC1. The standard InChI is InChI=1S/C16H20O3/c1-18-15(17)16(7-3-8-16)11-12-5-6-14-13(10-12)4-2-9-19-14/h5-6,10H,2-4,7-9,11H2,1H3. The van der Waals surface area contributed by atoms with Gasteiger partial charge in [0.1, 0.15) is 5.75 Å². The Hall–Kier alpha value is -1.51. The molecule has 0 radical (unpaired) electrons. The Morgan fingerprint density at radius 2 is 2.21 bits per heavy atom. The van der Waals surface area contributed by atoms with Crippen molar-refractivity contribution in [2.75, 3.05) is 13.7 Å². The summed E-state index contributed by atoms with van der Waals surface area (Å²) in [4.78, 5) is 12.0. The first kappa shape index (κ1) is 12.5. The summed E-state index contributed by atoms with van der Waals surface area (Å²) in [5.74, 6) is 0.962. The second-order valence-electron chi connectivity index (χ2n) is 5.70. The van der Waals surface area contributed by atoms with Gasteiger partial charge in [-0.3, -0.25) is 4.79 Å². The van der Waals surface area contributed by atoms with Gasteiger partial charge in [0.15, 0.2) is 0 Å². The number of benzene rings is 1. The third kappa shape index (κ3) is 2.22. The van der Waals surface area contributed by atoms with Crippen molar-refractivity contribution >= 4 is 5.97 Å². The van der Waals surface area contributed by atoms with Crippen molar-refractivity contribution in [3.63, 3.8) is 0 Å². The Morgan fingerprint density at radius 1 is 1.37 bits per heavy atom. The Balaban J connectivity index is 1.81. The largest absolute Gasteiger partial charge is 0.493 e. The van der Waals surface area contributed by atoms with Gasteiger partial charge in [-0.1, -0.05) is 18.6 Å². The van der Waals surface area contributed by atoms with E-state index >= 15 is 0 Å². The van der Waals surface area contributed by atoms with E-state index < -0.39 is 0 Å². The summed E-state index contributed by atoms with van der Waals surface area (Å²) < 4.78 is 10.6. The molecule has 0 bridgehead atoms. The van der Waals surface area contributed by atoms with Crippen molar-refractivity contribution in [3.8, 4) is 5.75 Å². The second kappa shape index (κ2) is 4.87. The van der Waals surface area contributed by atoms with Gasteiger partial charge in [-0.15, -0.1) is 0 Å². The number of aryl methyl sites for hydroxylation is 1. The molecule has 1 aliphatic carbocycles. The maximum Gasteiger partial charge on any atom is 0.312 e. The van der Waals surface area contributed by atoms with Crippen LogP contribution < -0.4 is 4.74 Å². The molecule has 19 heavy (non-hydrogen) atoms. The zero-order valence-corrected chi connectivity index (χ0v) is 11.4. The summed E-state index contributed by atoms with van der Waals surface area (Å²) in [6.45, 7) is 0.818. The van der Waals surface area contributed by atoms with E-state index in [9.17, 15) is 4.79 Å². The van der Waals surface area contributed by atoms with Crippen LogP contribution >= 0.6 is 0 Å². The number of ether oxygens (including phenoxy) is 2. The maximum atomic E-state index is 12.0. The summed E-state index contributed by atoms with van der Waals surface area (Å²) >= 11 is 0. The van der Waals surface area contributed by atoms with Crippen molar-refractivity contribution in [1.82, 2.24) is 0 Å². The third-order valence-electron chi connectivity index (χ3n) is 4.44. The van der Waals surface area contributed by atoms with Crippen LogP contribution in [0, 0.1) is 5.41 Å². The van der Waals surface area contributed by atoms with Crippen LogP contribution in [0.3, 0.4) is 0 Å². The Kier molecular flexibility index (Phi) is 3.21. The van der Waals surface area contributed by atoms with E-state index in [0.717, 1.165) is 50.9 Å². The number of fused-ring (bicyclic) bond motifs is 1. The molecule has 0 atom stereocenters. The van der Waals surface area contributed by atoms with Crippen LogP contribution in [-0.4, -0.2) is 19.7 Å². The average Bonchev–Trinajstić information content (AvgIpc) is 2.42. The molecule has 3 nitrogen and oxygen atoms in total. The minimum atomic E-state index is -0.265. The van der Waals surface area contributed by atoms with E-state index in [1.54, 1.807) is 0 Å². The highest BCUT2D eigenvalue weighted by molar-refractivity contribution is 5.78. The van der Waals surface area contributed by atoms with Crippen LogP contribution in [0.1, 0.15) is 36.8 Å². The number of carbonyl (C=O) groups is 1. The van der Waals surface area contributed by atoms with Crippen molar-refractivity contribution in [2.24, 2.45) is 5.41 Å². The van der Waals surface area contributed by atoms with Crippen molar-refractivity contribution in [2.45, 2.75) is 38.5 Å². The Bertz CT molecular complexity index is 489. The van der Waals surface area contributed by atoms with Gasteiger partial charge < -0.3 is 9.47 Å². The van der Waals surface area contributed by atoms with Crippen LogP contribution in [0.4, 0.5) is 0 Å². The maximum absolute atomic E-state index is 12.0. The number of hydrogen-bond acceptors (Lipinski definition) is 3. The van der Waals surface area contributed by atoms with Crippen LogP contribution in [0.5, 0.6) is 5.75 Å². The van der Waals surface area contributed by atoms with Crippen molar-refractivity contribution < 1.29 is 14.3 Å². The van der Waals surface area contributed by atoms with E-state index in [1.807, 2.05) is 6.07 Å². The average molecular weight is 260 g/mol. The monoisotopic (exact) mass is 260 g/mol. The first-order valence-electron chi connectivity index (χ1n) is 7.07. The molecule has 1 heterocycles. The van der Waals surface area contributed by atoms with Crippen LogP contribution in [-0.2, 0) is 22.4 Å². The van der Waals surface area contributed by atoms with E-state index in [0.29, 0.717) is 0 Å². The van der Waals surface area contributed by atoms with E-state index in [2.05, 4.69) is 12.1 Å². The van der Waals surface area contributed by atoms with E-state index in [-0.39, 0.29) is 11.4 Å². The van der Waals surface area contributed by atoms with Gasteiger partial charge in [0.05, 0.1) is 19.1 Å². The lowest BCUT2D eigenvalue weighted by Crippen LogP contribution is -2.40. The summed E-state index contributed by atoms with van der Waals surface area (Å²) in [7, 11) is 1.49. The molecule has 0 spiro atoms. The first-order valence-corrected chi connectivity index (χ1v) is 7.07. The van der Waals surface area contributed by atoms with Gasteiger partial charge in [-0.2, -0.15) is 0 Å². The third-order valence-corrected chi connectivity index (χ3v) is 4.44. The van der Waals surface area contributed by atoms with Gasteiger partial charge in [-0.05, 0) is 49.3 Å². The van der Waals surface area contributed by atoms with Gasteiger partial charge in [0.25, 0.3) is 0 Å². The zero-order valence-electron chi connectivity index (χ0n) is 11.4. The molecule has 3 rings (SSSR count). The smallest absolute Gasteiger partial charge is 0.312 e. The molecule has 0 aromatic heterocycles. The van der Waals surface area contributed by atoms with Crippen LogP contribution in [0.25, 0.3) is 0 Å². The molecule has 0 amide bonds. The predicted molar refractivity (Wildman–Crippen MR) is 72.3 cm³/mol. The quantitative estimate of drug-likeness (QED) is 0.784. The summed E-state index contributed by atoms with van der Waals surface area (Å²) in [6.07, 6.45) is 5.99. The summed E-state index contributed by atoms with van der Waals surface area (Å²) in [5.41, 5.74) is 2.25. The second-order valence-corrected chi connectivity index (χ2v) is 5.70. The van der Waals surface area contributed by atoms with Crippen molar-refractivity contribution in [1.29, 1.82) is 0 Å². The minimum absolute atomic E-state index is 0.0484. The summed E-state index contributed by atoms with van der Waals surface area (Å²) in [6, 6.07) is 6.35. The number of methoxy groups -OCH3 is 1. The fourth-order valence-electron chi connectivity index (χ4n) is 3.19. The highest BCUT2D eigenvalue weighted by Gasteiger charge is 2.45. The van der Waals surface area contributed by atoms with Crippen LogP contribution in [0.2, 0.25) is 0 Å². The van der Waals surface area contributed by atoms with Gasteiger partial charge in [0.2, 0.25) is 0 Å². The molecule has 102 valence electrons. The van der Waals surface area contributed by atoms with Crippen LogP contribution in [0.15, 0.2) is 18.2 Å². The molecule has 1 aromatic rings. The van der Waals surface area contributed by atoms with Gasteiger partial charge in [-0.25, -0.2) is 0 Å². The molecule has 1 aromatic carbocycles. The van der Waals surface area contributed by atoms with E-state index in [1.165, 1.54) is 18.2 Å². The van der Waals surface area contributed by atoms with Gasteiger partial charge >= 0.3 is 5.97 Å². The highest BCUT2D eigenvalue weighted by atomic mass is 16.5. The topological polar surface area (TPSA) is 35.5 Å². The lowest BCUT2D eigenvalue weighted by atomic mass is 9.65. The molecule has 0 N–H and O–H groups in total. The highest BCUT2D eigenvalue weighted by Crippen LogP contribution is 2.45. The molecular weight excluding hydrogens is 240 g/mol. The molecule has 1 saturated carbocycles.